The molecule has 0 saturated carbocycles. The molecule has 0 aromatic rings. The predicted octanol–water partition coefficient (Wildman–Crippen LogP) is 2.16. The summed E-state index contributed by atoms with van der Waals surface area (Å²) in [5, 5.41) is 6.95. The highest BCUT2D eigenvalue weighted by Gasteiger charge is 2.16. The summed E-state index contributed by atoms with van der Waals surface area (Å²) in [6.45, 7) is 20.4. The molecule has 1 aliphatic heterocycles. The summed E-state index contributed by atoms with van der Waals surface area (Å²) in [5.41, 5.74) is 0. The van der Waals surface area contributed by atoms with E-state index in [1.54, 1.807) is 0 Å². The number of hydrogen-bond donors (Lipinski definition) is 2. The van der Waals surface area contributed by atoms with Gasteiger partial charge in [0.15, 0.2) is 5.96 Å². The first kappa shape index (κ1) is 26.9. The van der Waals surface area contributed by atoms with E-state index in [2.05, 4.69) is 72.0 Å². The third-order valence-corrected chi connectivity index (χ3v) is 5.22. The van der Waals surface area contributed by atoms with Gasteiger partial charge in [-0.2, -0.15) is 0 Å². The number of nitrogens with zero attached hydrogens (tertiary/aromatic N) is 4. The van der Waals surface area contributed by atoms with Crippen LogP contribution in [-0.4, -0.2) is 99.2 Å². The van der Waals surface area contributed by atoms with Crippen LogP contribution in [0.5, 0.6) is 0 Å². The van der Waals surface area contributed by atoms with E-state index in [9.17, 15) is 0 Å². The van der Waals surface area contributed by atoms with Crippen molar-refractivity contribution in [1.29, 1.82) is 0 Å². The molecule has 2 N–H and O–H groups in total. The van der Waals surface area contributed by atoms with E-state index >= 15 is 0 Å². The molecule has 0 aromatic heterocycles. The number of rotatable bonds is 10. The fraction of sp³-hybridized carbons (Fsp3) is 0.950. The first-order valence-electron chi connectivity index (χ1n) is 10.4. The molecule has 1 atom stereocenters. The van der Waals surface area contributed by atoms with Gasteiger partial charge in [0.05, 0.1) is 0 Å². The highest BCUT2D eigenvalue weighted by molar-refractivity contribution is 14.0. The molecular weight excluding hydrogens is 451 g/mol. The van der Waals surface area contributed by atoms with Gasteiger partial charge in [-0.05, 0) is 47.1 Å². The Morgan fingerprint density at radius 3 is 2.11 bits per heavy atom. The second kappa shape index (κ2) is 14.8. The van der Waals surface area contributed by atoms with E-state index < -0.39 is 0 Å². The summed E-state index contributed by atoms with van der Waals surface area (Å²) in [4.78, 5) is 11.9. The molecule has 0 amide bonds. The Morgan fingerprint density at radius 2 is 1.59 bits per heavy atom. The Bertz CT molecular complexity index is 386. The van der Waals surface area contributed by atoms with Gasteiger partial charge in [0.2, 0.25) is 0 Å². The van der Waals surface area contributed by atoms with Crippen molar-refractivity contribution in [2.24, 2.45) is 10.9 Å². The molecule has 27 heavy (non-hydrogen) atoms. The third kappa shape index (κ3) is 11.5. The summed E-state index contributed by atoms with van der Waals surface area (Å²) >= 11 is 0. The Labute approximate surface area is 185 Å². The zero-order valence-corrected chi connectivity index (χ0v) is 21.1. The lowest BCUT2D eigenvalue weighted by molar-refractivity contribution is 0.139. The second-order valence-electron chi connectivity index (χ2n) is 8.37. The Balaban J connectivity index is 0.00000676. The first-order valence-corrected chi connectivity index (χ1v) is 10.4. The Kier molecular flexibility index (Phi) is 14.8. The molecule has 162 valence electrons. The van der Waals surface area contributed by atoms with Crippen LogP contribution in [0, 0.1) is 5.92 Å². The van der Waals surface area contributed by atoms with Crippen LogP contribution in [0.3, 0.4) is 0 Å². The third-order valence-electron chi connectivity index (χ3n) is 5.22. The highest BCUT2D eigenvalue weighted by Crippen LogP contribution is 2.05. The number of aliphatic imine (C=N–C) groups is 1. The van der Waals surface area contributed by atoms with Crippen LogP contribution in [0.25, 0.3) is 0 Å². The standard InChI is InChI=1S/C20H44N6.HI/c1-17(2)26(18(3)4)10-8-9-22-20(21-6)23-15-19(5)16-25-13-11-24(7)12-14-25;/h17-19H,8-16H2,1-7H3,(H2,21,22,23);1H. The minimum absolute atomic E-state index is 0. The van der Waals surface area contributed by atoms with Gasteiger partial charge in [-0.1, -0.05) is 6.92 Å². The van der Waals surface area contributed by atoms with Crippen molar-refractivity contribution < 1.29 is 0 Å². The fourth-order valence-electron chi connectivity index (χ4n) is 3.61. The summed E-state index contributed by atoms with van der Waals surface area (Å²) in [7, 11) is 4.06. The van der Waals surface area contributed by atoms with Gasteiger partial charge < -0.3 is 20.4 Å². The molecule has 1 fully saturated rings. The van der Waals surface area contributed by atoms with Gasteiger partial charge in [-0.3, -0.25) is 9.89 Å². The lowest BCUT2D eigenvalue weighted by atomic mass is 10.1. The van der Waals surface area contributed by atoms with E-state index in [0.717, 1.165) is 38.6 Å². The summed E-state index contributed by atoms with van der Waals surface area (Å²) in [6, 6.07) is 1.20. The van der Waals surface area contributed by atoms with E-state index in [1.165, 1.54) is 26.2 Å². The molecule has 1 heterocycles. The summed E-state index contributed by atoms with van der Waals surface area (Å²) in [5.74, 6) is 1.55. The minimum Gasteiger partial charge on any atom is -0.356 e. The number of hydrogen-bond acceptors (Lipinski definition) is 4. The molecule has 0 radical (unpaired) electrons. The zero-order chi connectivity index (χ0) is 19.5. The summed E-state index contributed by atoms with van der Waals surface area (Å²) in [6.07, 6.45) is 1.13. The van der Waals surface area contributed by atoms with Crippen molar-refractivity contribution in [3.63, 3.8) is 0 Å². The molecule has 0 bridgehead atoms. The first-order chi connectivity index (χ1) is 12.3. The average Bonchev–Trinajstić information content (AvgIpc) is 2.58. The summed E-state index contributed by atoms with van der Waals surface area (Å²) < 4.78 is 0. The molecule has 6 nitrogen and oxygen atoms in total. The molecule has 1 saturated heterocycles. The molecule has 1 unspecified atom stereocenters. The Hall–Kier alpha value is -0.120. The minimum atomic E-state index is 0. The van der Waals surface area contributed by atoms with Gasteiger partial charge in [-0.25, -0.2) is 0 Å². The maximum absolute atomic E-state index is 4.36. The lowest BCUT2D eigenvalue weighted by Crippen LogP contribution is -2.47. The van der Waals surface area contributed by atoms with Gasteiger partial charge >= 0.3 is 0 Å². The number of halogens is 1. The molecular formula is C20H45IN6. The van der Waals surface area contributed by atoms with Crippen molar-refractivity contribution in [2.75, 3.05) is 66.5 Å². The van der Waals surface area contributed by atoms with Crippen molar-refractivity contribution >= 4 is 29.9 Å². The van der Waals surface area contributed by atoms with E-state index in [1.807, 2.05) is 7.05 Å². The lowest BCUT2D eigenvalue weighted by Gasteiger charge is -2.34. The predicted molar refractivity (Wildman–Crippen MR) is 129 cm³/mol. The van der Waals surface area contributed by atoms with Crippen molar-refractivity contribution in [2.45, 2.75) is 53.1 Å². The fourth-order valence-corrected chi connectivity index (χ4v) is 3.61. The molecule has 0 aromatic carbocycles. The van der Waals surface area contributed by atoms with Gasteiger partial charge in [0.1, 0.15) is 0 Å². The monoisotopic (exact) mass is 496 g/mol. The topological polar surface area (TPSA) is 46.1 Å². The van der Waals surface area contributed by atoms with Gasteiger partial charge in [0, 0.05) is 71.5 Å². The second-order valence-corrected chi connectivity index (χ2v) is 8.37. The highest BCUT2D eigenvalue weighted by atomic mass is 127. The molecule has 1 rings (SSSR count). The van der Waals surface area contributed by atoms with Crippen LogP contribution < -0.4 is 10.6 Å². The quantitative estimate of drug-likeness (QED) is 0.210. The van der Waals surface area contributed by atoms with Crippen LogP contribution >= 0.6 is 24.0 Å². The molecule has 0 aliphatic carbocycles. The number of piperazine rings is 1. The normalized spacial score (nSPS) is 18.1. The number of likely N-dealkylation sites (N-methyl/N-ethyl adjacent to an activating group) is 1. The largest absolute Gasteiger partial charge is 0.356 e. The van der Waals surface area contributed by atoms with Crippen LogP contribution in [0.2, 0.25) is 0 Å². The number of guanidine groups is 1. The van der Waals surface area contributed by atoms with Crippen molar-refractivity contribution in [1.82, 2.24) is 25.3 Å². The van der Waals surface area contributed by atoms with Crippen LogP contribution in [0.15, 0.2) is 4.99 Å². The SMILES string of the molecule is CN=C(NCCCN(C(C)C)C(C)C)NCC(C)CN1CCN(C)CC1.I. The maximum Gasteiger partial charge on any atom is 0.190 e. The van der Waals surface area contributed by atoms with Crippen molar-refractivity contribution in [3.05, 3.63) is 0 Å². The van der Waals surface area contributed by atoms with Crippen molar-refractivity contribution in [3.8, 4) is 0 Å². The van der Waals surface area contributed by atoms with Gasteiger partial charge in [-0.15, -0.1) is 24.0 Å². The van der Waals surface area contributed by atoms with Gasteiger partial charge in [0.25, 0.3) is 0 Å². The zero-order valence-electron chi connectivity index (χ0n) is 18.8. The van der Waals surface area contributed by atoms with E-state index in [-0.39, 0.29) is 24.0 Å². The number of nitrogens with one attached hydrogen (secondary N) is 2. The molecule has 7 heteroatoms. The molecule has 1 aliphatic rings. The Morgan fingerprint density at radius 1 is 1.00 bits per heavy atom. The van der Waals surface area contributed by atoms with E-state index in [0.29, 0.717) is 18.0 Å². The molecule has 0 spiro atoms. The smallest absolute Gasteiger partial charge is 0.190 e. The van der Waals surface area contributed by atoms with Crippen LogP contribution in [0.1, 0.15) is 41.0 Å². The average molecular weight is 497 g/mol. The maximum atomic E-state index is 4.36. The van der Waals surface area contributed by atoms with Crippen LogP contribution in [0.4, 0.5) is 0 Å². The van der Waals surface area contributed by atoms with E-state index in [4.69, 9.17) is 0 Å². The van der Waals surface area contributed by atoms with Crippen LogP contribution in [-0.2, 0) is 0 Å².